The van der Waals surface area contributed by atoms with Crippen molar-refractivity contribution in [3.05, 3.63) is 0 Å². The van der Waals surface area contributed by atoms with Crippen molar-refractivity contribution >= 4 is 0 Å². The Balaban J connectivity index is 2.18. The van der Waals surface area contributed by atoms with Crippen LogP contribution < -0.4 is 0 Å². The number of hydrogen-bond acceptors (Lipinski definition) is 1. The summed E-state index contributed by atoms with van der Waals surface area (Å²) in [6.45, 7) is 6.88. The third kappa shape index (κ3) is 0.752. The molecule has 1 heterocycles. The highest BCUT2D eigenvalue weighted by atomic mass is 16.6. The summed E-state index contributed by atoms with van der Waals surface area (Å²) in [5, 5.41) is 0. The van der Waals surface area contributed by atoms with Gasteiger partial charge in [-0.05, 0) is 32.1 Å². The van der Waals surface area contributed by atoms with Crippen molar-refractivity contribution < 1.29 is 4.74 Å². The third-order valence-corrected chi connectivity index (χ3v) is 4.00. The van der Waals surface area contributed by atoms with E-state index in [9.17, 15) is 0 Å². The van der Waals surface area contributed by atoms with Crippen LogP contribution in [-0.4, -0.2) is 11.2 Å². The molecule has 1 heteroatoms. The highest BCUT2D eigenvalue weighted by Crippen LogP contribution is 2.61. The minimum absolute atomic E-state index is 0.250. The molecular weight excluding hydrogens is 136 g/mol. The van der Waals surface area contributed by atoms with Crippen LogP contribution >= 0.6 is 0 Å². The highest BCUT2D eigenvalue weighted by molar-refractivity contribution is 5.16. The van der Waals surface area contributed by atoms with Gasteiger partial charge in [0.2, 0.25) is 0 Å². The molecule has 0 amide bonds. The summed E-state index contributed by atoms with van der Waals surface area (Å²) < 4.78 is 5.91. The van der Waals surface area contributed by atoms with Crippen molar-refractivity contribution in [2.45, 2.75) is 57.7 Å². The van der Waals surface area contributed by atoms with Crippen LogP contribution in [0.1, 0.15) is 46.5 Å². The number of ether oxygens (including phenoxy) is 1. The first-order valence-electron chi connectivity index (χ1n) is 4.85. The van der Waals surface area contributed by atoms with E-state index in [2.05, 4.69) is 20.8 Å². The third-order valence-electron chi connectivity index (χ3n) is 4.00. The molecule has 1 saturated carbocycles. The van der Waals surface area contributed by atoms with Crippen LogP contribution in [0.3, 0.4) is 0 Å². The van der Waals surface area contributed by atoms with E-state index in [1.807, 2.05) is 0 Å². The SMILES string of the molecule is CCC12CCCC(C)C1(C)O2. The summed E-state index contributed by atoms with van der Waals surface area (Å²) in [5.74, 6) is 0.774. The molecule has 0 aromatic carbocycles. The molecule has 0 aromatic rings. The monoisotopic (exact) mass is 154 g/mol. The molecule has 1 saturated heterocycles. The minimum atomic E-state index is 0.250. The molecule has 1 aliphatic carbocycles. The van der Waals surface area contributed by atoms with Gasteiger partial charge in [-0.15, -0.1) is 0 Å². The van der Waals surface area contributed by atoms with Crippen LogP contribution in [0, 0.1) is 5.92 Å². The Hall–Kier alpha value is -0.0400. The average Bonchev–Trinajstić information content (AvgIpc) is 2.60. The number of rotatable bonds is 1. The van der Waals surface area contributed by atoms with Gasteiger partial charge >= 0.3 is 0 Å². The molecular formula is C10H18O. The van der Waals surface area contributed by atoms with Gasteiger partial charge in [0.25, 0.3) is 0 Å². The maximum absolute atomic E-state index is 5.91. The molecule has 0 N–H and O–H groups in total. The Morgan fingerprint density at radius 3 is 2.82 bits per heavy atom. The lowest BCUT2D eigenvalue weighted by molar-refractivity contribution is 0.238. The predicted molar refractivity (Wildman–Crippen MR) is 45.5 cm³/mol. The van der Waals surface area contributed by atoms with E-state index in [0.29, 0.717) is 5.60 Å². The molecule has 0 bridgehead atoms. The summed E-state index contributed by atoms with van der Waals surface area (Å²) in [5.41, 5.74) is 0.546. The smallest absolute Gasteiger partial charge is 0.0977 e. The highest BCUT2D eigenvalue weighted by Gasteiger charge is 2.68. The van der Waals surface area contributed by atoms with Gasteiger partial charge in [-0.1, -0.05) is 20.3 Å². The lowest BCUT2D eigenvalue weighted by Crippen LogP contribution is -2.33. The number of hydrogen-bond donors (Lipinski definition) is 0. The fourth-order valence-electron chi connectivity index (χ4n) is 2.80. The molecule has 1 nitrogen and oxygen atoms in total. The predicted octanol–water partition coefficient (Wildman–Crippen LogP) is 2.74. The topological polar surface area (TPSA) is 12.5 Å². The van der Waals surface area contributed by atoms with Crippen LogP contribution in [0.15, 0.2) is 0 Å². The van der Waals surface area contributed by atoms with Gasteiger partial charge in [-0.3, -0.25) is 0 Å². The molecule has 0 aromatic heterocycles. The van der Waals surface area contributed by atoms with E-state index in [4.69, 9.17) is 4.74 Å². The largest absolute Gasteiger partial charge is 0.363 e. The molecule has 3 unspecified atom stereocenters. The van der Waals surface area contributed by atoms with E-state index in [-0.39, 0.29) is 5.60 Å². The molecule has 3 atom stereocenters. The van der Waals surface area contributed by atoms with Crippen molar-refractivity contribution in [2.24, 2.45) is 5.92 Å². The summed E-state index contributed by atoms with van der Waals surface area (Å²) in [6.07, 6.45) is 5.22. The minimum Gasteiger partial charge on any atom is -0.363 e. The number of fused-ring (bicyclic) bond motifs is 1. The first-order valence-corrected chi connectivity index (χ1v) is 4.85. The van der Waals surface area contributed by atoms with Gasteiger partial charge in [0.05, 0.1) is 11.2 Å². The normalized spacial score (nSPS) is 55.4. The second-order valence-corrected chi connectivity index (χ2v) is 4.35. The molecule has 0 radical (unpaired) electrons. The molecule has 2 rings (SSSR count). The second-order valence-electron chi connectivity index (χ2n) is 4.35. The average molecular weight is 154 g/mol. The fourth-order valence-corrected chi connectivity index (χ4v) is 2.80. The van der Waals surface area contributed by atoms with E-state index in [1.165, 1.54) is 25.7 Å². The van der Waals surface area contributed by atoms with Gasteiger partial charge in [0, 0.05) is 0 Å². The molecule has 64 valence electrons. The summed E-state index contributed by atoms with van der Waals surface area (Å²) in [4.78, 5) is 0. The van der Waals surface area contributed by atoms with Crippen molar-refractivity contribution in [1.29, 1.82) is 0 Å². The Morgan fingerprint density at radius 1 is 1.55 bits per heavy atom. The van der Waals surface area contributed by atoms with E-state index in [1.54, 1.807) is 0 Å². The van der Waals surface area contributed by atoms with Gasteiger partial charge in [0.15, 0.2) is 0 Å². The van der Waals surface area contributed by atoms with Crippen LogP contribution in [0.25, 0.3) is 0 Å². The second kappa shape index (κ2) is 2.01. The molecule has 2 aliphatic rings. The zero-order chi connectivity index (χ0) is 8.11. The van der Waals surface area contributed by atoms with Gasteiger partial charge in [0.1, 0.15) is 0 Å². The lowest BCUT2D eigenvalue weighted by Gasteiger charge is -2.26. The van der Waals surface area contributed by atoms with Gasteiger partial charge in [-0.2, -0.15) is 0 Å². The van der Waals surface area contributed by atoms with Crippen LogP contribution in [0.4, 0.5) is 0 Å². The van der Waals surface area contributed by atoms with E-state index >= 15 is 0 Å². The Labute approximate surface area is 69.1 Å². The van der Waals surface area contributed by atoms with Gasteiger partial charge < -0.3 is 4.74 Å². The Kier molecular flexibility index (Phi) is 1.39. The molecule has 0 spiro atoms. The summed E-state index contributed by atoms with van der Waals surface area (Å²) in [6, 6.07) is 0. The van der Waals surface area contributed by atoms with Crippen molar-refractivity contribution in [3.63, 3.8) is 0 Å². The van der Waals surface area contributed by atoms with Crippen molar-refractivity contribution in [2.75, 3.05) is 0 Å². The zero-order valence-electron chi connectivity index (χ0n) is 7.81. The Bertz CT molecular complexity index is 176. The maximum atomic E-state index is 5.91. The summed E-state index contributed by atoms with van der Waals surface area (Å²) in [7, 11) is 0. The molecule has 11 heavy (non-hydrogen) atoms. The molecule has 2 fully saturated rings. The van der Waals surface area contributed by atoms with Crippen molar-refractivity contribution in [3.8, 4) is 0 Å². The first kappa shape index (κ1) is 7.60. The fraction of sp³-hybridized carbons (Fsp3) is 1.00. The molecule has 1 aliphatic heterocycles. The summed E-state index contributed by atoms with van der Waals surface area (Å²) >= 11 is 0. The van der Waals surface area contributed by atoms with E-state index in [0.717, 1.165) is 5.92 Å². The Morgan fingerprint density at radius 2 is 2.27 bits per heavy atom. The van der Waals surface area contributed by atoms with Crippen molar-refractivity contribution in [1.82, 2.24) is 0 Å². The first-order chi connectivity index (χ1) is 5.15. The standard InChI is InChI=1S/C10H18O/c1-4-10-7-5-6-8(2)9(10,3)11-10/h8H,4-7H2,1-3H3. The van der Waals surface area contributed by atoms with Crippen LogP contribution in [0.5, 0.6) is 0 Å². The number of epoxide rings is 1. The zero-order valence-corrected chi connectivity index (χ0v) is 7.81. The maximum Gasteiger partial charge on any atom is 0.0977 e. The van der Waals surface area contributed by atoms with Crippen LogP contribution in [-0.2, 0) is 4.74 Å². The van der Waals surface area contributed by atoms with Crippen LogP contribution in [0.2, 0.25) is 0 Å². The van der Waals surface area contributed by atoms with E-state index < -0.39 is 0 Å². The quantitative estimate of drug-likeness (QED) is 0.529. The lowest BCUT2D eigenvalue weighted by atomic mass is 9.73. The van der Waals surface area contributed by atoms with Gasteiger partial charge in [-0.25, -0.2) is 0 Å².